The first-order chi connectivity index (χ1) is 15.7. The van der Waals surface area contributed by atoms with Crippen LogP contribution in [0.4, 0.5) is 8.78 Å². The molecule has 0 saturated heterocycles. The third-order valence-electron chi connectivity index (χ3n) is 4.65. The Morgan fingerprint density at radius 2 is 1.36 bits per heavy atom. The molecule has 0 bridgehead atoms. The Bertz CT molecular complexity index is 1210. The molecule has 0 aliphatic rings. The van der Waals surface area contributed by atoms with Crippen LogP contribution in [0.3, 0.4) is 0 Å². The van der Waals surface area contributed by atoms with Crippen molar-refractivity contribution in [2.24, 2.45) is 0 Å². The van der Waals surface area contributed by atoms with Crippen molar-refractivity contribution < 1.29 is 28.9 Å². The van der Waals surface area contributed by atoms with Gasteiger partial charge in [0.1, 0.15) is 0 Å². The van der Waals surface area contributed by atoms with Crippen LogP contribution < -0.4 is 0 Å². The molecule has 5 heteroatoms. The molecule has 3 aromatic carbocycles. The number of benzene rings is 3. The van der Waals surface area contributed by atoms with Gasteiger partial charge in [-0.05, 0) is 28.6 Å². The van der Waals surface area contributed by atoms with Crippen molar-refractivity contribution in [1.29, 1.82) is 0 Å². The van der Waals surface area contributed by atoms with E-state index in [-0.39, 0.29) is 20.1 Å². The van der Waals surface area contributed by atoms with Gasteiger partial charge < -0.3 is 9.97 Å². The molecule has 0 aliphatic carbocycles. The molecule has 2 nitrogen and oxygen atoms in total. The zero-order valence-electron chi connectivity index (χ0n) is 17.4. The predicted octanol–water partition coefficient (Wildman–Crippen LogP) is 7.04. The van der Waals surface area contributed by atoms with Crippen LogP contribution in [0.5, 0.6) is 0 Å². The fraction of sp³-hybridized carbons (Fsp3) is 0. The minimum Gasteiger partial charge on any atom is -0.305 e. The molecule has 0 fully saturated rings. The number of nitrogens with zero attached hydrogens (tertiary/aromatic N) is 2. The molecule has 0 aliphatic heterocycles. The maximum absolute atomic E-state index is 12.8. The predicted molar refractivity (Wildman–Crippen MR) is 122 cm³/mol. The van der Waals surface area contributed by atoms with E-state index in [4.69, 9.17) is 0 Å². The van der Waals surface area contributed by atoms with Gasteiger partial charge in [0.05, 0.1) is 11.6 Å². The van der Waals surface area contributed by atoms with Gasteiger partial charge in [0.15, 0.2) is 0 Å². The molecule has 0 saturated carbocycles. The van der Waals surface area contributed by atoms with E-state index in [9.17, 15) is 8.78 Å². The number of hydrogen-bond acceptors (Lipinski definition) is 2. The van der Waals surface area contributed by atoms with Gasteiger partial charge in [-0.2, -0.15) is 0 Å². The molecule has 1 radical (unpaired) electrons. The number of aromatic nitrogens is 2. The molecule has 0 spiro atoms. The Kier molecular flexibility index (Phi) is 8.70. The van der Waals surface area contributed by atoms with E-state index in [1.807, 2.05) is 54.7 Å². The van der Waals surface area contributed by atoms with Gasteiger partial charge in [-0.25, -0.2) is 4.39 Å². The monoisotopic (exact) mass is 613 g/mol. The van der Waals surface area contributed by atoms with Gasteiger partial charge in [0.2, 0.25) is 0 Å². The summed E-state index contributed by atoms with van der Waals surface area (Å²) in [5.41, 5.74) is 5.33. The van der Waals surface area contributed by atoms with E-state index < -0.39 is 11.6 Å². The quantitative estimate of drug-likeness (QED) is 0.204. The second-order valence-electron chi connectivity index (χ2n) is 6.82. The van der Waals surface area contributed by atoms with Crippen LogP contribution in [0.2, 0.25) is 0 Å². The van der Waals surface area contributed by atoms with E-state index in [2.05, 4.69) is 40.3 Å². The van der Waals surface area contributed by atoms with Gasteiger partial charge in [0.25, 0.3) is 0 Å². The largest absolute Gasteiger partial charge is 0.305 e. The number of hydrogen-bond donors (Lipinski definition) is 0. The van der Waals surface area contributed by atoms with Gasteiger partial charge in [-0.15, -0.1) is 59.7 Å². The number of halogens is 2. The van der Waals surface area contributed by atoms with Crippen molar-refractivity contribution in [3.05, 3.63) is 133 Å². The standard InChI is InChI=1S/C17H12N.C11H6F2N.Ir/c1-3-7-14(8-4-1)16-11-12-17(18-13-16)15-9-5-2-6-10-15;12-9-5-4-8(7-10(9)13)11-3-1-2-6-14-11;/h1-9,11-13H;1-6H;/q2*-1;. The molecule has 5 rings (SSSR count). The summed E-state index contributed by atoms with van der Waals surface area (Å²) in [5, 5.41) is 0. The third kappa shape index (κ3) is 6.48. The summed E-state index contributed by atoms with van der Waals surface area (Å²) in [6, 6.07) is 35.5. The average molecular weight is 613 g/mol. The van der Waals surface area contributed by atoms with Crippen LogP contribution >= 0.6 is 0 Å². The van der Waals surface area contributed by atoms with Crippen molar-refractivity contribution in [2.45, 2.75) is 0 Å². The number of pyridine rings is 2. The summed E-state index contributed by atoms with van der Waals surface area (Å²) in [5.74, 6) is -1.88. The van der Waals surface area contributed by atoms with E-state index in [0.717, 1.165) is 22.9 Å². The van der Waals surface area contributed by atoms with Crippen molar-refractivity contribution >= 4 is 0 Å². The second kappa shape index (κ2) is 11.9. The van der Waals surface area contributed by atoms with Crippen LogP contribution in [0, 0.1) is 23.8 Å². The zero-order valence-corrected chi connectivity index (χ0v) is 19.8. The summed E-state index contributed by atoms with van der Waals surface area (Å²) < 4.78 is 25.4. The summed E-state index contributed by atoms with van der Waals surface area (Å²) in [6.45, 7) is 0. The van der Waals surface area contributed by atoms with Crippen molar-refractivity contribution in [1.82, 2.24) is 9.97 Å². The van der Waals surface area contributed by atoms with Crippen molar-refractivity contribution in [3.8, 4) is 33.6 Å². The smallest absolute Gasteiger partial charge is 0.0751 e. The fourth-order valence-corrected chi connectivity index (χ4v) is 3.03. The van der Waals surface area contributed by atoms with Crippen LogP contribution in [-0.2, 0) is 20.1 Å². The zero-order chi connectivity index (χ0) is 22.2. The summed E-state index contributed by atoms with van der Waals surface area (Å²) >= 11 is 0. The summed E-state index contributed by atoms with van der Waals surface area (Å²) in [4.78, 5) is 8.49. The molecule has 5 aromatic rings. The Morgan fingerprint density at radius 3 is 2.00 bits per heavy atom. The first kappa shape index (κ1) is 24.1. The van der Waals surface area contributed by atoms with Gasteiger partial charge >= 0.3 is 0 Å². The van der Waals surface area contributed by atoms with Crippen LogP contribution in [0.25, 0.3) is 33.6 Å². The maximum Gasteiger partial charge on any atom is 0.0751 e. The van der Waals surface area contributed by atoms with E-state index in [1.165, 1.54) is 11.6 Å². The Labute approximate surface area is 205 Å². The molecule has 165 valence electrons. The fourth-order valence-electron chi connectivity index (χ4n) is 3.03. The Morgan fingerprint density at radius 1 is 0.606 bits per heavy atom. The second-order valence-corrected chi connectivity index (χ2v) is 6.82. The normalized spacial score (nSPS) is 9.88. The molecular weight excluding hydrogens is 595 g/mol. The number of rotatable bonds is 3. The summed E-state index contributed by atoms with van der Waals surface area (Å²) in [6.07, 6.45) is 3.50. The molecular formula is C28H18F2IrN2-2. The first-order valence-corrected chi connectivity index (χ1v) is 9.98. The maximum atomic E-state index is 12.8. The van der Waals surface area contributed by atoms with E-state index in [1.54, 1.807) is 24.4 Å². The van der Waals surface area contributed by atoms with Gasteiger partial charge in [0, 0.05) is 32.5 Å². The summed E-state index contributed by atoms with van der Waals surface area (Å²) in [7, 11) is 0. The van der Waals surface area contributed by atoms with Crippen LogP contribution in [-0.4, -0.2) is 9.97 Å². The van der Waals surface area contributed by atoms with E-state index in [0.29, 0.717) is 11.3 Å². The molecule has 2 heterocycles. The van der Waals surface area contributed by atoms with Gasteiger partial charge in [-0.3, -0.25) is 4.39 Å². The molecule has 2 aromatic heterocycles. The SMILES string of the molecule is Fc1[c-]c(-c2ccccn2)ccc1F.[Ir].[c-]1ccccc1-c1ccc(-c2ccccc2)cn1. The topological polar surface area (TPSA) is 25.8 Å². The molecule has 0 N–H and O–H groups in total. The molecule has 0 unspecified atom stereocenters. The van der Waals surface area contributed by atoms with Crippen molar-refractivity contribution in [2.75, 3.05) is 0 Å². The van der Waals surface area contributed by atoms with Crippen LogP contribution in [0.15, 0.2) is 109 Å². The van der Waals surface area contributed by atoms with Gasteiger partial charge in [-0.1, -0.05) is 54.6 Å². The Balaban J connectivity index is 0.000000186. The minimum atomic E-state index is -0.979. The minimum absolute atomic E-state index is 0. The van der Waals surface area contributed by atoms with E-state index >= 15 is 0 Å². The molecule has 0 amide bonds. The van der Waals surface area contributed by atoms with Crippen LogP contribution in [0.1, 0.15) is 0 Å². The molecule has 0 atom stereocenters. The average Bonchev–Trinajstić information content (AvgIpc) is 2.88. The Hall–Kier alpha value is -3.53. The first-order valence-electron chi connectivity index (χ1n) is 9.98. The third-order valence-corrected chi connectivity index (χ3v) is 4.65. The van der Waals surface area contributed by atoms with Crippen molar-refractivity contribution in [3.63, 3.8) is 0 Å². The molecule has 33 heavy (non-hydrogen) atoms.